The molecule has 2 atom stereocenters. The average molecular weight is 348 g/mol. The second kappa shape index (κ2) is 7.47. The Kier molecular flexibility index (Phi) is 5.87. The number of nitrogens with zero attached hydrogens (tertiary/aromatic N) is 1. The number of benzene rings is 1. The van der Waals surface area contributed by atoms with E-state index in [4.69, 9.17) is 21.0 Å². The van der Waals surface area contributed by atoms with Crippen molar-refractivity contribution in [3.8, 4) is 0 Å². The van der Waals surface area contributed by atoms with E-state index in [1.165, 1.54) is 18.4 Å². The molecule has 8 heteroatoms. The first kappa shape index (κ1) is 17.3. The summed E-state index contributed by atoms with van der Waals surface area (Å²) in [5.41, 5.74) is 0.661. The molecule has 1 N–H and O–H groups in total. The van der Waals surface area contributed by atoms with Crippen molar-refractivity contribution in [3.05, 3.63) is 30.3 Å². The van der Waals surface area contributed by atoms with E-state index in [-0.39, 0.29) is 0 Å². The number of carbonyl (C=O) groups is 1. The van der Waals surface area contributed by atoms with Crippen LogP contribution in [0.4, 0.5) is 5.69 Å². The number of carbonyl (C=O) groups excluding carboxylic acids is 1. The molecule has 2 rings (SSSR count). The van der Waals surface area contributed by atoms with Crippen LogP contribution in [0.15, 0.2) is 30.3 Å². The van der Waals surface area contributed by atoms with E-state index in [2.05, 4.69) is 4.52 Å². The monoisotopic (exact) mass is 347 g/mol. The highest BCUT2D eigenvalue weighted by atomic mass is 35.7. The Balaban J connectivity index is 2.08. The zero-order chi connectivity index (χ0) is 16.2. The number of para-hydroxylation sites is 1. The van der Waals surface area contributed by atoms with E-state index >= 15 is 0 Å². The predicted octanol–water partition coefficient (Wildman–Crippen LogP) is 3.50. The molecule has 0 radical (unpaired) electrons. The van der Waals surface area contributed by atoms with Gasteiger partial charge in [0, 0.05) is 11.2 Å². The van der Waals surface area contributed by atoms with E-state index in [0.29, 0.717) is 18.2 Å². The van der Waals surface area contributed by atoms with Crippen LogP contribution in [0.1, 0.15) is 26.2 Å². The smallest absolute Gasteiger partial charge is 0.379 e. The normalized spacial score (nSPS) is 18.9. The van der Waals surface area contributed by atoms with Crippen molar-refractivity contribution in [1.82, 2.24) is 0 Å². The zero-order valence-electron chi connectivity index (χ0n) is 12.2. The second-order valence-electron chi connectivity index (χ2n) is 5.29. The number of anilines is 1. The van der Waals surface area contributed by atoms with Gasteiger partial charge in [0.25, 0.3) is 0 Å². The van der Waals surface area contributed by atoms with E-state index in [1.807, 2.05) is 18.2 Å². The molecular weight excluding hydrogens is 329 g/mol. The van der Waals surface area contributed by atoms with Gasteiger partial charge in [-0.2, -0.15) is 0 Å². The number of hydroxylamine groups is 1. The lowest BCUT2D eigenvalue weighted by molar-refractivity contribution is -0.138. The molecule has 1 aromatic carbocycles. The van der Waals surface area contributed by atoms with Gasteiger partial charge in [-0.05, 0) is 37.8 Å². The molecule has 0 amide bonds. The minimum atomic E-state index is -4.40. The Morgan fingerprint density at radius 1 is 1.45 bits per heavy atom. The fourth-order valence-electron chi connectivity index (χ4n) is 2.11. The van der Waals surface area contributed by atoms with Crippen LogP contribution >= 0.6 is 18.2 Å². The van der Waals surface area contributed by atoms with Crippen LogP contribution in [-0.2, 0) is 18.7 Å². The molecule has 0 saturated heterocycles. The number of halogens is 1. The molecule has 122 valence electrons. The molecular formula is C14H19ClNO5P. The zero-order valence-corrected chi connectivity index (χ0v) is 13.9. The van der Waals surface area contributed by atoms with Crippen molar-refractivity contribution >= 4 is 29.8 Å². The number of rotatable bonds is 7. The Hall–Kier alpha value is -1.07. The van der Waals surface area contributed by atoms with E-state index in [9.17, 15) is 9.36 Å². The maximum atomic E-state index is 11.9. The molecule has 1 saturated carbocycles. The van der Waals surface area contributed by atoms with Crippen LogP contribution in [-0.4, -0.2) is 23.5 Å². The van der Waals surface area contributed by atoms with Crippen LogP contribution in [0, 0.1) is 5.92 Å². The van der Waals surface area contributed by atoms with E-state index in [0.717, 1.165) is 12.8 Å². The molecule has 0 bridgehead atoms. The summed E-state index contributed by atoms with van der Waals surface area (Å²) in [6, 6.07) is 8.13. The predicted molar refractivity (Wildman–Crippen MR) is 83.4 cm³/mol. The van der Waals surface area contributed by atoms with Crippen LogP contribution in [0.2, 0.25) is 0 Å². The first-order valence-corrected chi connectivity index (χ1v) is 9.58. The maximum Gasteiger partial charge on any atom is 0.476 e. The Labute approximate surface area is 134 Å². The lowest BCUT2D eigenvalue weighted by atomic mass is 9.86. The van der Waals surface area contributed by atoms with Gasteiger partial charge in [0.2, 0.25) is 0 Å². The number of hydrogen-bond donors (Lipinski definition) is 1. The molecule has 0 spiro atoms. The summed E-state index contributed by atoms with van der Waals surface area (Å²) in [6.45, 7) is -2.38. The molecule has 22 heavy (non-hydrogen) atoms. The minimum absolute atomic E-state index is 0.478. The lowest BCUT2D eigenvalue weighted by Gasteiger charge is -2.32. The standard InChI is InChI=1S/C14H19ClNO5P/c1-11(14(17)21-22(15,18)19)16(13-8-3-2-4-9-13)20-10-12-6-5-7-12/h2-4,8-9,11-12H,5-7,10H2,1H3,(H,18,19)/t11-/m0/s1. The van der Waals surface area contributed by atoms with Crippen molar-refractivity contribution in [1.29, 1.82) is 0 Å². The summed E-state index contributed by atoms with van der Waals surface area (Å²) >= 11 is 5.09. The summed E-state index contributed by atoms with van der Waals surface area (Å²) in [7, 11) is 0. The minimum Gasteiger partial charge on any atom is -0.379 e. The van der Waals surface area contributed by atoms with Gasteiger partial charge in [-0.1, -0.05) is 24.6 Å². The third kappa shape index (κ3) is 4.99. The van der Waals surface area contributed by atoms with Crippen molar-refractivity contribution < 1.29 is 23.6 Å². The van der Waals surface area contributed by atoms with Gasteiger partial charge in [-0.25, -0.2) is 14.4 Å². The van der Waals surface area contributed by atoms with Gasteiger partial charge < -0.3 is 9.42 Å². The fraction of sp³-hybridized carbons (Fsp3) is 0.500. The largest absolute Gasteiger partial charge is 0.476 e. The Bertz CT molecular complexity index is 545. The third-order valence-corrected chi connectivity index (χ3v) is 4.19. The molecule has 1 aliphatic rings. The summed E-state index contributed by atoms with van der Waals surface area (Å²) in [5.74, 6) is -0.440. The van der Waals surface area contributed by atoms with Crippen molar-refractivity contribution in [2.75, 3.05) is 11.7 Å². The second-order valence-corrected chi connectivity index (χ2v) is 7.66. The number of hydrogen-bond acceptors (Lipinski definition) is 5. The van der Waals surface area contributed by atoms with E-state index < -0.39 is 19.0 Å². The molecule has 0 heterocycles. The topological polar surface area (TPSA) is 76.1 Å². The first-order chi connectivity index (χ1) is 10.4. The van der Waals surface area contributed by atoms with Gasteiger partial charge in [0.05, 0.1) is 12.3 Å². The third-order valence-electron chi connectivity index (χ3n) is 3.58. The Morgan fingerprint density at radius 2 is 2.09 bits per heavy atom. The van der Waals surface area contributed by atoms with Crippen LogP contribution < -0.4 is 5.06 Å². The van der Waals surface area contributed by atoms with Crippen LogP contribution in [0.25, 0.3) is 0 Å². The quantitative estimate of drug-likeness (QED) is 0.601. The summed E-state index contributed by atoms with van der Waals surface area (Å²) in [5, 5.41) is 1.40. The maximum absolute atomic E-state index is 11.9. The molecule has 1 aliphatic carbocycles. The summed E-state index contributed by atoms with van der Waals surface area (Å²) < 4.78 is 15.4. The van der Waals surface area contributed by atoms with Crippen molar-refractivity contribution in [3.63, 3.8) is 0 Å². The average Bonchev–Trinajstić information content (AvgIpc) is 2.40. The molecule has 1 fully saturated rings. The SMILES string of the molecule is C[C@@H](C(=O)OP(=O)(O)Cl)N(OCC1CCC1)c1ccccc1. The van der Waals surface area contributed by atoms with Gasteiger partial charge in [0.1, 0.15) is 0 Å². The van der Waals surface area contributed by atoms with Crippen molar-refractivity contribution in [2.24, 2.45) is 5.92 Å². The fourth-order valence-corrected chi connectivity index (χ4v) is 2.69. The summed E-state index contributed by atoms with van der Waals surface area (Å²) in [6.07, 6.45) is 3.40. The van der Waals surface area contributed by atoms with E-state index in [1.54, 1.807) is 12.1 Å². The highest BCUT2D eigenvalue weighted by Gasteiger charge is 2.31. The lowest BCUT2D eigenvalue weighted by Crippen LogP contribution is -2.41. The molecule has 1 aromatic rings. The highest BCUT2D eigenvalue weighted by molar-refractivity contribution is 7.80. The molecule has 1 unspecified atom stereocenters. The Morgan fingerprint density at radius 3 is 2.59 bits per heavy atom. The molecule has 6 nitrogen and oxygen atoms in total. The van der Waals surface area contributed by atoms with Crippen molar-refractivity contribution in [2.45, 2.75) is 32.2 Å². The van der Waals surface area contributed by atoms with Gasteiger partial charge in [-0.3, -0.25) is 4.84 Å². The highest BCUT2D eigenvalue weighted by Crippen LogP contribution is 2.48. The van der Waals surface area contributed by atoms with Crippen LogP contribution in [0.3, 0.4) is 0 Å². The summed E-state index contributed by atoms with van der Waals surface area (Å²) in [4.78, 5) is 26.7. The molecule has 0 aromatic heterocycles. The van der Waals surface area contributed by atoms with Gasteiger partial charge in [0.15, 0.2) is 6.04 Å². The van der Waals surface area contributed by atoms with Gasteiger partial charge >= 0.3 is 12.9 Å². The van der Waals surface area contributed by atoms with Gasteiger partial charge in [-0.15, -0.1) is 0 Å². The van der Waals surface area contributed by atoms with Crippen LogP contribution in [0.5, 0.6) is 0 Å². The first-order valence-electron chi connectivity index (χ1n) is 7.10. The molecule has 0 aliphatic heterocycles.